The molecule has 1 aromatic carbocycles. The van der Waals surface area contributed by atoms with Crippen LogP contribution in [0.15, 0.2) is 40.8 Å². The van der Waals surface area contributed by atoms with E-state index in [1.807, 2.05) is 12.1 Å². The van der Waals surface area contributed by atoms with Crippen LogP contribution in [0.3, 0.4) is 0 Å². The van der Waals surface area contributed by atoms with Crippen molar-refractivity contribution in [2.75, 3.05) is 13.6 Å². The van der Waals surface area contributed by atoms with Gasteiger partial charge in [-0.2, -0.15) is 0 Å². The zero-order valence-corrected chi connectivity index (χ0v) is 12.6. The lowest BCUT2D eigenvalue weighted by Gasteiger charge is -2.25. The summed E-state index contributed by atoms with van der Waals surface area (Å²) < 4.78 is 5.84. The first-order chi connectivity index (χ1) is 9.63. The van der Waals surface area contributed by atoms with E-state index in [0.29, 0.717) is 6.54 Å². The van der Waals surface area contributed by atoms with Crippen molar-refractivity contribution >= 4 is 0 Å². The smallest absolute Gasteiger partial charge is 0.122 e. The van der Waals surface area contributed by atoms with Crippen LogP contribution in [0.4, 0.5) is 0 Å². The first-order valence-corrected chi connectivity index (χ1v) is 7.18. The van der Waals surface area contributed by atoms with Gasteiger partial charge in [0.15, 0.2) is 0 Å². The van der Waals surface area contributed by atoms with Crippen LogP contribution < -0.4 is 5.73 Å². The number of hydrogen-bond donors (Lipinski definition) is 1. The largest absolute Gasteiger partial charge is 0.464 e. The molecule has 0 fully saturated rings. The van der Waals surface area contributed by atoms with Crippen molar-refractivity contribution in [1.82, 2.24) is 4.90 Å². The van der Waals surface area contributed by atoms with Gasteiger partial charge in [0.05, 0.1) is 6.04 Å². The number of nitrogens with zero attached hydrogens (tertiary/aromatic N) is 1. The van der Waals surface area contributed by atoms with Crippen LogP contribution in [0.1, 0.15) is 35.6 Å². The molecule has 0 saturated heterocycles. The minimum absolute atomic E-state index is 0.122. The maximum atomic E-state index is 5.93. The summed E-state index contributed by atoms with van der Waals surface area (Å²) in [4.78, 5) is 2.24. The Kier molecular flexibility index (Phi) is 4.99. The van der Waals surface area contributed by atoms with Crippen molar-refractivity contribution in [3.63, 3.8) is 0 Å². The molecule has 1 aromatic heterocycles. The molecular weight excluding hydrogens is 248 g/mol. The number of aryl methyl sites for hydroxylation is 2. The second-order valence-corrected chi connectivity index (χ2v) is 5.31. The Morgan fingerprint density at radius 1 is 1.15 bits per heavy atom. The van der Waals surface area contributed by atoms with Crippen LogP contribution >= 0.6 is 0 Å². The number of rotatable bonds is 6. The van der Waals surface area contributed by atoms with Crippen molar-refractivity contribution in [2.24, 2.45) is 5.73 Å². The van der Waals surface area contributed by atoms with Crippen LogP contribution in [0.25, 0.3) is 0 Å². The van der Waals surface area contributed by atoms with Gasteiger partial charge in [-0.05, 0) is 31.7 Å². The molecule has 2 aromatic rings. The minimum atomic E-state index is 0.122. The van der Waals surface area contributed by atoms with E-state index in [2.05, 4.69) is 50.1 Å². The predicted molar refractivity (Wildman–Crippen MR) is 82.5 cm³/mol. The lowest BCUT2D eigenvalue weighted by molar-refractivity contribution is 0.210. The first-order valence-electron chi connectivity index (χ1n) is 7.18. The van der Waals surface area contributed by atoms with Gasteiger partial charge in [-0.1, -0.05) is 36.8 Å². The summed E-state index contributed by atoms with van der Waals surface area (Å²) in [5, 5.41) is 0. The van der Waals surface area contributed by atoms with Crippen molar-refractivity contribution in [1.29, 1.82) is 0 Å². The van der Waals surface area contributed by atoms with Gasteiger partial charge in [-0.3, -0.25) is 4.90 Å². The quantitative estimate of drug-likeness (QED) is 0.877. The molecule has 0 amide bonds. The molecule has 1 heterocycles. The maximum absolute atomic E-state index is 5.93. The second-order valence-electron chi connectivity index (χ2n) is 5.31. The van der Waals surface area contributed by atoms with Crippen molar-refractivity contribution < 1.29 is 4.42 Å². The van der Waals surface area contributed by atoms with Gasteiger partial charge in [0.25, 0.3) is 0 Å². The Balaban J connectivity index is 2.08. The number of hydrogen-bond acceptors (Lipinski definition) is 3. The highest BCUT2D eigenvalue weighted by Crippen LogP contribution is 2.23. The van der Waals surface area contributed by atoms with Crippen LogP contribution in [0, 0.1) is 6.92 Å². The molecule has 3 heteroatoms. The van der Waals surface area contributed by atoms with Crippen LogP contribution in [0.2, 0.25) is 0 Å². The minimum Gasteiger partial charge on any atom is -0.464 e. The molecular formula is C17H24N2O. The monoisotopic (exact) mass is 272 g/mol. The van der Waals surface area contributed by atoms with Crippen LogP contribution in [-0.2, 0) is 13.0 Å². The SMILES string of the molecule is CCc1ccc(C(CN)N(C)Cc2ccc(C)cc2)o1. The molecule has 1 atom stereocenters. The van der Waals surface area contributed by atoms with E-state index < -0.39 is 0 Å². The van der Waals surface area contributed by atoms with E-state index in [9.17, 15) is 0 Å². The number of benzene rings is 1. The van der Waals surface area contributed by atoms with Gasteiger partial charge < -0.3 is 10.2 Å². The second kappa shape index (κ2) is 6.73. The number of likely N-dealkylation sites (N-methyl/N-ethyl adjacent to an activating group) is 1. The molecule has 20 heavy (non-hydrogen) atoms. The molecule has 108 valence electrons. The van der Waals surface area contributed by atoms with Gasteiger partial charge in [-0.25, -0.2) is 0 Å². The van der Waals surface area contributed by atoms with Gasteiger partial charge in [0.2, 0.25) is 0 Å². The molecule has 0 aliphatic rings. The third kappa shape index (κ3) is 3.50. The molecule has 0 radical (unpaired) electrons. The molecule has 2 rings (SSSR count). The molecule has 0 saturated carbocycles. The van der Waals surface area contributed by atoms with Crippen molar-refractivity contribution in [3.8, 4) is 0 Å². The Labute approximate surface area is 121 Å². The van der Waals surface area contributed by atoms with E-state index in [4.69, 9.17) is 10.2 Å². The maximum Gasteiger partial charge on any atom is 0.122 e. The highest BCUT2D eigenvalue weighted by molar-refractivity contribution is 5.21. The van der Waals surface area contributed by atoms with E-state index >= 15 is 0 Å². The van der Waals surface area contributed by atoms with Gasteiger partial charge >= 0.3 is 0 Å². The number of nitrogens with two attached hydrogens (primary N) is 1. The fourth-order valence-corrected chi connectivity index (χ4v) is 2.37. The van der Waals surface area contributed by atoms with Crippen molar-refractivity contribution in [2.45, 2.75) is 32.9 Å². The zero-order chi connectivity index (χ0) is 14.5. The third-order valence-corrected chi connectivity index (χ3v) is 3.67. The molecule has 0 bridgehead atoms. The topological polar surface area (TPSA) is 42.4 Å². The Bertz CT molecular complexity index is 530. The van der Waals surface area contributed by atoms with E-state index in [1.165, 1.54) is 11.1 Å². The van der Waals surface area contributed by atoms with Gasteiger partial charge in [0.1, 0.15) is 11.5 Å². The first kappa shape index (κ1) is 14.8. The summed E-state index contributed by atoms with van der Waals surface area (Å²) in [6.07, 6.45) is 0.916. The normalized spacial score (nSPS) is 12.8. The molecule has 1 unspecified atom stereocenters. The molecule has 0 aliphatic carbocycles. The number of furan rings is 1. The van der Waals surface area contributed by atoms with Crippen LogP contribution in [-0.4, -0.2) is 18.5 Å². The summed E-state index contributed by atoms with van der Waals surface area (Å²) in [6, 6.07) is 12.8. The standard InChI is InChI=1S/C17H24N2O/c1-4-15-9-10-17(20-15)16(11-18)19(3)12-14-7-5-13(2)6-8-14/h5-10,16H,4,11-12,18H2,1-3H3. The predicted octanol–water partition coefficient (Wildman–Crippen LogP) is 3.28. The van der Waals surface area contributed by atoms with E-state index in [0.717, 1.165) is 24.5 Å². The Morgan fingerprint density at radius 3 is 2.40 bits per heavy atom. The van der Waals surface area contributed by atoms with E-state index in [1.54, 1.807) is 0 Å². The third-order valence-electron chi connectivity index (χ3n) is 3.67. The fraction of sp³-hybridized carbons (Fsp3) is 0.412. The van der Waals surface area contributed by atoms with Gasteiger partial charge in [0, 0.05) is 19.5 Å². The summed E-state index contributed by atoms with van der Waals surface area (Å²) in [7, 11) is 2.09. The van der Waals surface area contributed by atoms with Crippen molar-refractivity contribution in [3.05, 3.63) is 59.0 Å². The summed E-state index contributed by atoms with van der Waals surface area (Å²) in [5.41, 5.74) is 8.51. The lowest BCUT2D eigenvalue weighted by Crippen LogP contribution is -2.29. The molecule has 0 aliphatic heterocycles. The van der Waals surface area contributed by atoms with Crippen LogP contribution in [0.5, 0.6) is 0 Å². The average Bonchev–Trinajstić information content (AvgIpc) is 2.91. The summed E-state index contributed by atoms with van der Waals surface area (Å²) in [5.74, 6) is 1.97. The Hall–Kier alpha value is -1.58. The summed E-state index contributed by atoms with van der Waals surface area (Å²) >= 11 is 0. The fourth-order valence-electron chi connectivity index (χ4n) is 2.37. The highest BCUT2D eigenvalue weighted by atomic mass is 16.3. The molecule has 3 nitrogen and oxygen atoms in total. The Morgan fingerprint density at radius 2 is 1.85 bits per heavy atom. The zero-order valence-electron chi connectivity index (χ0n) is 12.6. The van der Waals surface area contributed by atoms with Gasteiger partial charge in [-0.15, -0.1) is 0 Å². The molecule has 0 spiro atoms. The highest BCUT2D eigenvalue weighted by Gasteiger charge is 2.19. The van der Waals surface area contributed by atoms with E-state index in [-0.39, 0.29) is 6.04 Å². The molecule has 2 N–H and O–H groups in total. The lowest BCUT2D eigenvalue weighted by atomic mass is 10.1. The summed E-state index contributed by atoms with van der Waals surface area (Å²) in [6.45, 7) is 5.62. The average molecular weight is 272 g/mol.